The first-order chi connectivity index (χ1) is 26.0. The molecule has 0 aromatic rings. The Morgan fingerprint density at radius 2 is 0.981 bits per heavy atom. The number of esters is 1. The van der Waals surface area contributed by atoms with Crippen LogP contribution in [0.3, 0.4) is 0 Å². The van der Waals surface area contributed by atoms with Crippen molar-refractivity contribution in [3.63, 3.8) is 0 Å². The summed E-state index contributed by atoms with van der Waals surface area (Å²) in [4.78, 5) is 25.9. The van der Waals surface area contributed by atoms with Crippen molar-refractivity contribution in [1.82, 2.24) is 5.32 Å². The summed E-state index contributed by atoms with van der Waals surface area (Å²) in [5.41, 5.74) is 0. The Morgan fingerprint density at radius 1 is 0.547 bits per heavy atom. The van der Waals surface area contributed by atoms with E-state index in [1.54, 1.807) is 0 Å². The highest BCUT2D eigenvalue weighted by atomic mass is 16.5. The molecule has 0 saturated heterocycles. The summed E-state index contributed by atoms with van der Waals surface area (Å²) < 4.78 is 5.86. The summed E-state index contributed by atoms with van der Waals surface area (Å²) >= 11 is 0. The number of aliphatic hydroxyl groups excluding tert-OH is 2. The van der Waals surface area contributed by atoms with Gasteiger partial charge in [0.15, 0.2) is 0 Å². The molecule has 0 aliphatic heterocycles. The molecule has 0 radical (unpaired) electrons. The van der Waals surface area contributed by atoms with Crippen LogP contribution in [0.1, 0.15) is 226 Å². The topological polar surface area (TPSA) is 95.9 Å². The van der Waals surface area contributed by atoms with E-state index >= 15 is 0 Å². The van der Waals surface area contributed by atoms with Gasteiger partial charge in [-0.05, 0) is 70.6 Å². The highest BCUT2D eigenvalue weighted by Gasteiger charge is 2.24. The number of carbonyl (C=O) groups is 2. The summed E-state index contributed by atoms with van der Waals surface area (Å²) in [6, 6.07) is -0.706. The number of amides is 1. The predicted octanol–water partition coefficient (Wildman–Crippen LogP) is 12.9. The van der Waals surface area contributed by atoms with Crippen LogP contribution >= 0.6 is 0 Å². The molecular formula is C47H87NO5. The number of aliphatic hydroxyl groups is 2. The molecule has 53 heavy (non-hydrogen) atoms. The second kappa shape index (κ2) is 41.2. The summed E-state index contributed by atoms with van der Waals surface area (Å²) in [5.74, 6) is -0.523. The van der Waals surface area contributed by atoms with Crippen LogP contribution in [0.5, 0.6) is 0 Å². The number of allylic oxidation sites excluding steroid dienone is 6. The normalized spacial score (nSPS) is 13.7. The van der Waals surface area contributed by atoms with E-state index < -0.39 is 18.2 Å². The van der Waals surface area contributed by atoms with Gasteiger partial charge in [-0.1, -0.05) is 179 Å². The third-order valence-electron chi connectivity index (χ3n) is 10.2. The van der Waals surface area contributed by atoms with Crippen LogP contribution in [-0.2, 0) is 14.3 Å². The second-order valence-electron chi connectivity index (χ2n) is 15.5. The molecule has 6 heteroatoms. The molecule has 6 nitrogen and oxygen atoms in total. The quantitative estimate of drug-likeness (QED) is 0.0251. The Kier molecular flexibility index (Phi) is 39.8. The van der Waals surface area contributed by atoms with Crippen molar-refractivity contribution >= 4 is 11.9 Å². The highest BCUT2D eigenvalue weighted by molar-refractivity contribution is 5.77. The number of carbonyl (C=O) groups excluding carboxylic acids is 2. The molecular weight excluding hydrogens is 659 g/mol. The van der Waals surface area contributed by atoms with Gasteiger partial charge in [-0.25, -0.2) is 0 Å². The minimum atomic E-state index is -0.791. The van der Waals surface area contributed by atoms with Crippen LogP contribution in [0.15, 0.2) is 36.5 Å². The molecule has 310 valence electrons. The molecule has 0 aliphatic carbocycles. The molecule has 3 N–H and O–H groups in total. The Labute approximate surface area is 328 Å². The van der Waals surface area contributed by atoms with Crippen molar-refractivity contribution in [2.45, 2.75) is 244 Å². The first kappa shape index (κ1) is 51.1. The zero-order valence-electron chi connectivity index (χ0n) is 35.1. The maximum Gasteiger partial charge on any atom is 0.306 e. The van der Waals surface area contributed by atoms with Crippen LogP contribution in [0.2, 0.25) is 0 Å². The van der Waals surface area contributed by atoms with E-state index in [2.05, 4.69) is 62.5 Å². The second-order valence-corrected chi connectivity index (χ2v) is 15.5. The Morgan fingerprint density at radius 3 is 1.53 bits per heavy atom. The smallest absolute Gasteiger partial charge is 0.306 e. The van der Waals surface area contributed by atoms with Gasteiger partial charge in [0.1, 0.15) is 6.10 Å². The lowest BCUT2D eigenvalue weighted by atomic mass is 10.0. The van der Waals surface area contributed by atoms with Crippen molar-refractivity contribution in [3.8, 4) is 0 Å². The molecule has 0 aromatic heterocycles. The number of hydrogen-bond acceptors (Lipinski definition) is 5. The van der Waals surface area contributed by atoms with Gasteiger partial charge in [-0.3, -0.25) is 9.59 Å². The molecule has 0 bridgehead atoms. The SMILES string of the molecule is CCCC/C=C\CCCCCC(CC(=O)NC(CO)C(O)CCCCCCCCCCC)OC(=O)CCCCC/C=C/C=C/CCCCCCCCC. The van der Waals surface area contributed by atoms with Gasteiger partial charge in [0.2, 0.25) is 5.91 Å². The summed E-state index contributed by atoms with van der Waals surface area (Å²) in [6.45, 7) is 6.39. The fourth-order valence-corrected chi connectivity index (χ4v) is 6.69. The van der Waals surface area contributed by atoms with Crippen molar-refractivity contribution < 1.29 is 24.5 Å². The number of hydrogen-bond donors (Lipinski definition) is 3. The lowest BCUT2D eigenvalue weighted by molar-refractivity contribution is -0.151. The maximum absolute atomic E-state index is 13.1. The third kappa shape index (κ3) is 36.8. The number of unbranched alkanes of at least 4 members (excludes halogenated alkanes) is 23. The number of nitrogens with one attached hydrogen (secondary N) is 1. The van der Waals surface area contributed by atoms with E-state index in [4.69, 9.17) is 4.74 Å². The average Bonchev–Trinajstić information content (AvgIpc) is 3.15. The number of ether oxygens (including phenoxy) is 1. The van der Waals surface area contributed by atoms with Gasteiger partial charge in [0, 0.05) is 6.42 Å². The Bertz CT molecular complexity index is 884. The molecule has 0 aromatic carbocycles. The average molecular weight is 746 g/mol. The molecule has 0 fully saturated rings. The van der Waals surface area contributed by atoms with E-state index in [1.165, 1.54) is 96.3 Å². The molecule has 0 saturated carbocycles. The molecule has 0 aliphatic rings. The molecule has 1 amide bonds. The van der Waals surface area contributed by atoms with Gasteiger partial charge >= 0.3 is 5.97 Å². The fraction of sp³-hybridized carbons (Fsp3) is 0.830. The summed E-state index contributed by atoms with van der Waals surface area (Å²) in [6.07, 6.45) is 46.4. The van der Waals surface area contributed by atoms with Crippen LogP contribution in [0.4, 0.5) is 0 Å². The van der Waals surface area contributed by atoms with E-state index in [0.717, 1.165) is 83.5 Å². The maximum atomic E-state index is 13.1. The van der Waals surface area contributed by atoms with Crippen LogP contribution in [0.25, 0.3) is 0 Å². The van der Waals surface area contributed by atoms with Crippen molar-refractivity contribution in [1.29, 1.82) is 0 Å². The zero-order chi connectivity index (χ0) is 38.9. The van der Waals surface area contributed by atoms with Crippen molar-refractivity contribution in [3.05, 3.63) is 36.5 Å². The van der Waals surface area contributed by atoms with Crippen molar-refractivity contribution in [2.24, 2.45) is 0 Å². The van der Waals surface area contributed by atoms with E-state index in [9.17, 15) is 19.8 Å². The monoisotopic (exact) mass is 746 g/mol. The van der Waals surface area contributed by atoms with Gasteiger partial charge in [0.25, 0.3) is 0 Å². The fourth-order valence-electron chi connectivity index (χ4n) is 6.69. The molecule has 0 spiro atoms. The van der Waals surface area contributed by atoms with Crippen molar-refractivity contribution in [2.75, 3.05) is 6.61 Å². The highest BCUT2D eigenvalue weighted by Crippen LogP contribution is 2.16. The minimum Gasteiger partial charge on any atom is -0.462 e. The Balaban J connectivity index is 4.57. The predicted molar refractivity (Wildman–Crippen MR) is 227 cm³/mol. The van der Waals surface area contributed by atoms with Gasteiger partial charge in [-0.15, -0.1) is 0 Å². The van der Waals surface area contributed by atoms with Gasteiger partial charge in [-0.2, -0.15) is 0 Å². The lowest BCUT2D eigenvalue weighted by Crippen LogP contribution is -2.46. The van der Waals surface area contributed by atoms with E-state index in [-0.39, 0.29) is 24.9 Å². The first-order valence-electron chi connectivity index (χ1n) is 22.7. The molecule has 3 atom stereocenters. The Hall–Kier alpha value is -1.92. The zero-order valence-corrected chi connectivity index (χ0v) is 35.1. The molecule has 0 heterocycles. The summed E-state index contributed by atoms with van der Waals surface area (Å²) in [7, 11) is 0. The lowest BCUT2D eigenvalue weighted by Gasteiger charge is -2.24. The minimum absolute atomic E-state index is 0.0567. The standard InChI is InChI=1S/C47H87NO5/c1-4-7-10-13-16-19-20-21-22-23-24-25-28-31-34-37-40-47(52)53-43(38-35-32-29-26-17-14-11-8-5-2)41-46(51)48-44(42-49)45(50)39-36-33-30-27-18-15-12-9-6-3/h14,17,22-25,43-45,49-50H,4-13,15-16,18-21,26-42H2,1-3H3,(H,48,51)/b17-14-,23-22+,25-24+. The summed E-state index contributed by atoms with van der Waals surface area (Å²) in [5, 5.41) is 23.5. The van der Waals surface area contributed by atoms with Gasteiger partial charge < -0.3 is 20.3 Å². The van der Waals surface area contributed by atoms with Crippen LogP contribution in [-0.4, -0.2) is 46.9 Å². The largest absolute Gasteiger partial charge is 0.462 e. The number of rotatable bonds is 40. The molecule has 3 unspecified atom stereocenters. The third-order valence-corrected chi connectivity index (χ3v) is 10.2. The van der Waals surface area contributed by atoms with E-state index in [1.807, 2.05) is 0 Å². The van der Waals surface area contributed by atoms with Crippen LogP contribution in [0, 0.1) is 0 Å². The first-order valence-corrected chi connectivity index (χ1v) is 22.7. The van der Waals surface area contributed by atoms with Crippen LogP contribution < -0.4 is 5.32 Å². The van der Waals surface area contributed by atoms with E-state index in [0.29, 0.717) is 19.3 Å². The molecule has 0 rings (SSSR count). The van der Waals surface area contributed by atoms with Gasteiger partial charge in [0.05, 0.1) is 25.2 Å².